The molecule has 2 aliphatic heterocycles. The molecular weight excluding hydrogens is 328 g/mol. The van der Waals surface area contributed by atoms with Crippen LogP contribution in [-0.2, 0) is 9.53 Å². The number of benzene rings is 1. The van der Waals surface area contributed by atoms with Crippen LogP contribution in [-0.4, -0.2) is 59.5 Å². The first-order valence-electron chi connectivity index (χ1n) is 9.65. The van der Waals surface area contributed by atoms with E-state index in [0.29, 0.717) is 6.04 Å². The Morgan fingerprint density at radius 3 is 2.27 bits per heavy atom. The first-order valence-corrected chi connectivity index (χ1v) is 9.65. The summed E-state index contributed by atoms with van der Waals surface area (Å²) >= 11 is 0. The number of carbonyl (C=O) groups is 2. The maximum atomic E-state index is 12.6. The number of nitrogens with zero attached hydrogens (tertiary/aromatic N) is 2. The molecule has 1 aromatic carbocycles. The number of hydrogen-bond acceptors (Lipinski definition) is 4. The van der Waals surface area contributed by atoms with E-state index >= 15 is 0 Å². The summed E-state index contributed by atoms with van der Waals surface area (Å²) in [7, 11) is 0. The Balaban J connectivity index is 1.48. The zero-order chi connectivity index (χ0) is 18.7. The topological polar surface area (TPSA) is 49.9 Å². The quantitative estimate of drug-likeness (QED) is 0.780. The van der Waals surface area contributed by atoms with E-state index in [1.807, 2.05) is 56.0 Å². The van der Waals surface area contributed by atoms with Crippen molar-refractivity contribution in [3.8, 4) is 0 Å². The van der Waals surface area contributed by atoms with E-state index in [1.54, 1.807) is 0 Å². The highest BCUT2D eigenvalue weighted by Gasteiger charge is 2.36. The van der Waals surface area contributed by atoms with Crippen molar-refractivity contribution in [3.63, 3.8) is 0 Å². The van der Waals surface area contributed by atoms with E-state index in [9.17, 15) is 9.59 Å². The highest BCUT2D eigenvalue weighted by Crippen LogP contribution is 2.26. The Bertz CT molecular complexity index is 630. The molecule has 1 amide bonds. The first kappa shape index (κ1) is 18.9. The fourth-order valence-electron chi connectivity index (χ4n) is 3.89. The molecule has 2 fully saturated rings. The van der Waals surface area contributed by atoms with E-state index in [0.717, 1.165) is 51.0 Å². The number of rotatable bonds is 3. The molecule has 2 heterocycles. The van der Waals surface area contributed by atoms with Gasteiger partial charge >= 0.3 is 5.97 Å². The minimum atomic E-state index is -0.423. The van der Waals surface area contributed by atoms with Gasteiger partial charge in [0.25, 0.3) is 5.91 Å². The Hall–Kier alpha value is -1.88. The summed E-state index contributed by atoms with van der Waals surface area (Å²) in [6.07, 6.45) is 2.82. The molecule has 0 bridgehead atoms. The summed E-state index contributed by atoms with van der Waals surface area (Å²) in [4.78, 5) is 29.2. The summed E-state index contributed by atoms with van der Waals surface area (Å²) < 4.78 is 5.54. The summed E-state index contributed by atoms with van der Waals surface area (Å²) in [6, 6.07) is 9.95. The molecule has 5 heteroatoms. The molecule has 0 saturated carbocycles. The average molecular weight is 358 g/mol. The van der Waals surface area contributed by atoms with Crippen molar-refractivity contribution in [2.75, 3.05) is 26.2 Å². The van der Waals surface area contributed by atoms with Crippen molar-refractivity contribution in [2.45, 2.75) is 51.7 Å². The van der Waals surface area contributed by atoms with Crippen molar-refractivity contribution < 1.29 is 14.3 Å². The fraction of sp³-hybridized carbons (Fsp3) is 0.619. The van der Waals surface area contributed by atoms with Gasteiger partial charge in [0.1, 0.15) is 5.60 Å². The normalized spacial score (nSPS) is 22.4. The van der Waals surface area contributed by atoms with Crippen LogP contribution in [0.5, 0.6) is 0 Å². The van der Waals surface area contributed by atoms with Gasteiger partial charge in [-0.2, -0.15) is 0 Å². The molecule has 0 N–H and O–H groups in total. The predicted octanol–water partition coefficient (Wildman–Crippen LogP) is 2.95. The van der Waals surface area contributed by atoms with Gasteiger partial charge in [0.2, 0.25) is 0 Å². The highest BCUT2D eigenvalue weighted by molar-refractivity contribution is 5.94. The number of esters is 1. The summed E-state index contributed by atoms with van der Waals surface area (Å²) in [5.74, 6) is 0.0343. The van der Waals surface area contributed by atoms with E-state index in [1.165, 1.54) is 0 Å². The molecule has 1 atom stereocenters. The molecule has 5 nitrogen and oxygen atoms in total. The van der Waals surface area contributed by atoms with Gasteiger partial charge in [-0.05, 0) is 58.7 Å². The monoisotopic (exact) mass is 358 g/mol. The number of hydrogen-bond donors (Lipinski definition) is 0. The molecule has 0 radical (unpaired) electrons. The zero-order valence-electron chi connectivity index (χ0n) is 16.1. The van der Waals surface area contributed by atoms with E-state index in [4.69, 9.17) is 4.74 Å². The molecule has 0 aliphatic carbocycles. The van der Waals surface area contributed by atoms with Crippen molar-refractivity contribution in [1.82, 2.24) is 9.80 Å². The molecule has 2 aliphatic rings. The van der Waals surface area contributed by atoms with Gasteiger partial charge < -0.3 is 9.64 Å². The maximum Gasteiger partial charge on any atom is 0.310 e. The van der Waals surface area contributed by atoms with Crippen molar-refractivity contribution >= 4 is 11.9 Å². The summed E-state index contributed by atoms with van der Waals surface area (Å²) in [5.41, 5.74) is 0.338. The minimum Gasteiger partial charge on any atom is -0.460 e. The van der Waals surface area contributed by atoms with Crippen LogP contribution in [0.3, 0.4) is 0 Å². The highest BCUT2D eigenvalue weighted by atomic mass is 16.6. The van der Waals surface area contributed by atoms with Crippen LogP contribution in [0.25, 0.3) is 0 Å². The second-order valence-electron chi connectivity index (χ2n) is 8.40. The van der Waals surface area contributed by atoms with Crippen molar-refractivity contribution in [3.05, 3.63) is 35.9 Å². The minimum absolute atomic E-state index is 0.0156. The first-order chi connectivity index (χ1) is 12.3. The molecule has 0 spiro atoms. The van der Waals surface area contributed by atoms with Crippen LogP contribution in [0, 0.1) is 5.92 Å². The van der Waals surface area contributed by atoms with Gasteiger partial charge in [-0.15, -0.1) is 0 Å². The van der Waals surface area contributed by atoms with Crippen LogP contribution in [0.1, 0.15) is 50.4 Å². The Labute approximate surface area is 156 Å². The summed E-state index contributed by atoms with van der Waals surface area (Å²) in [5, 5.41) is 0. The number of piperidine rings is 1. The van der Waals surface area contributed by atoms with Gasteiger partial charge in [0.05, 0.1) is 5.92 Å². The van der Waals surface area contributed by atoms with Gasteiger partial charge in [-0.1, -0.05) is 18.2 Å². The molecule has 26 heavy (non-hydrogen) atoms. The van der Waals surface area contributed by atoms with E-state index < -0.39 is 5.60 Å². The number of carbonyl (C=O) groups excluding carboxylic acids is 2. The van der Waals surface area contributed by atoms with Crippen LogP contribution < -0.4 is 0 Å². The largest absolute Gasteiger partial charge is 0.460 e. The SMILES string of the molecule is CC(C)(C)OC(=O)C1CCN(C2CCN(C(=O)c3ccccc3)CC2)C1. The average Bonchev–Trinajstić information content (AvgIpc) is 3.11. The number of ether oxygens (including phenoxy) is 1. The van der Waals surface area contributed by atoms with Crippen LogP contribution in [0.4, 0.5) is 0 Å². The van der Waals surface area contributed by atoms with Crippen LogP contribution in [0.15, 0.2) is 30.3 Å². The third kappa shape index (κ3) is 4.64. The molecule has 1 aromatic rings. The molecule has 142 valence electrons. The lowest BCUT2D eigenvalue weighted by Gasteiger charge is -2.36. The molecule has 3 rings (SSSR count). The zero-order valence-corrected chi connectivity index (χ0v) is 16.1. The van der Waals surface area contributed by atoms with E-state index in [2.05, 4.69) is 4.90 Å². The van der Waals surface area contributed by atoms with E-state index in [-0.39, 0.29) is 17.8 Å². The lowest BCUT2D eigenvalue weighted by molar-refractivity contribution is -0.159. The third-order valence-corrected chi connectivity index (χ3v) is 5.25. The third-order valence-electron chi connectivity index (χ3n) is 5.25. The van der Waals surface area contributed by atoms with Gasteiger partial charge in [0, 0.05) is 31.2 Å². The fourth-order valence-corrected chi connectivity index (χ4v) is 3.89. The maximum absolute atomic E-state index is 12.6. The Morgan fingerprint density at radius 2 is 1.65 bits per heavy atom. The molecule has 2 saturated heterocycles. The smallest absolute Gasteiger partial charge is 0.310 e. The second kappa shape index (κ2) is 7.78. The molecular formula is C21H30N2O3. The molecule has 0 aromatic heterocycles. The molecule has 1 unspecified atom stereocenters. The van der Waals surface area contributed by atoms with Gasteiger partial charge in [-0.25, -0.2) is 0 Å². The summed E-state index contributed by atoms with van der Waals surface area (Å²) in [6.45, 7) is 9.04. The number of amides is 1. The lowest BCUT2D eigenvalue weighted by Crippen LogP contribution is -2.46. The van der Waals surface area contributed by atoms with Crippen molar-refractivity contribution in [1.29, 1.82) is 0 Å². The Kier molecular flexibility index (Phi) is 5.66. The van der Waals surface area contributed by atoms with Crippen LogP contribution >= 0.6 is 0 Å². The van der Waals surface area contributed by atoms with Crippen molar-refractivity contribution in [2.24, 2.45) is 5.92 Å². The Morgan fingerprint density at radius 1 is 1.00 bits per heavy atom. The standard InChI is InChI=1S/C21H30N2O3/c1-21(2,3)26-20(25)17-9-12-23(15-17)18-10-13-22(14-11-18)19(24)16-7-5-4-6-8-16/h4-8,17-18H,9-15H2,1-3H3. The lowest BCUT2D eigenvalue weighted by atomic mass is 10.0. The predicted molar refractivity (Wildman–Crippen MR) is 101 cm³/mol. The number of likely N-dealkylation sites (tertiary alicyclic amines) is 2. The van der Waals surface area contributed by atoms with Gasteiger partial charge in [0.15, 0.2) is 0 Å². The van der Waals surface area contributed by atoms with Gasteiger partial charge in [-0.3, -0.25) is 14.5 Å². The van der Waals surface area contributed by atoms with Crippen LogP contribution in [0.2, 0.25) is 0 Å². The second-order valence-corrected chi connectivity index (χ2v) is 8.40.